The Kier molecular flexibility index (Phi) is 18.7. The number of tetrazole rings is 3. The molecule has 12 aromatic rings. The monoisotopic (exact) mass is 1240 g/mol. The number of rotatable bonds is 16. The third kappa shape index (κ3) is 13.6. The van der Waals surface area contributed by atoms with E-state index in [4.69, 9.17) is 14.2 Å². The smallest absolute Gasteiger partial charge is 0.368 e. The summed E-state index contributed by atoms with van der Waals surface area (Å²) in [5, 5.41) is 32.5. The van der Waals surface area contributed by atoms with Crippen LogP contribution in [0.1, 0.15) is 74.1 Å². The fraction of sp³-hybridized carbons (Fsp3) is 0.250. The molecule has 0 bridgehead atoms. The maximum atomic E-state index is 12.4. The zero-order chi connectivity index (χ0) is 62.3. The molecule has 88 heavy (non-hydrogen) atoms. The van der Waals surface area contributed by atoms with E-state index in [0.717, 1.165) is 123 Å². The lowest BCUT2D eigenvalue weighted by molar-refractivity contribution is 0.302. The molecule has 24 heteroatoms. The SMILES string of the molecule is CCc1cccc(-n2nnn(C)c2=O)c1COc1ccc(-c2nc(C)cs2)cc1C.Cc1csc(-c2ccc(OCc3c(C)cccc3-n3nnn(C)c3=O)c(C)c2)n1.Cc1csc(-c2ccc(OCc3c(C)cccc3-n3nnn(C)c3=O)c(C)c2)n1. The highest BCUT2D eigenvalue weighted by Gasteiger charge is 2.19. The van der Waals surface area contributed by atoms with E-state index in [-0.39, 0.29) is 17.1 Å². The van der Waals surface area contributed by atoms with E-state index < -0.39 is 0 Å². The molecule has 0 N–H and O–H groups in total. The average molecular weight is 1240 g/mol. The van der Waals surface area contributed by atoms with Gasteiger partial charge in [0, 0.05) is 87.7 Å². The lowest BCUT2D eigenvalue weighted by Gasteiger charge is -2.15. The molecule has 6 aromatic carbocycles. The number of thiazole rings is 3. The van der Waals surface area contributed by atoms with Crippen LogP contribution < -0.4 is 31.3 Å². The lowest BCUT2D eigenvalue weighted by atomic mass is 10.0. The highest BCUT2D eigenvalue weighted by Crippen LogP contribution is 2.33. The quantitative estimate of drug-likeness (QED) is 0.0877. The summed E-state index contributed by atoms with van der Waals surface area (Å²) < 4.78 is 26.0. The largest absolute Gasteiger partial charge is 0.489 e. The number of benzene rings is 6. The molecule has 0 aliphatic carbocycles. The first-order chi connectivity index (χ1) is 42.3. The third-order valence-electron chi connectivity index (χ3n) is 14.5. The van der Waals surface area contributed by atoms with Crippen LogP contribution in [0, 0.1) is 55.4 Å². The highest BCUT2D eigenvalue weighted by atomic mass is 32.1. The van der Waals surface area contributed by atoms with Gasteiger partial charge in [0.05, 0.1) is 17.1 Å². The van der Waals surface area contributed by atoms with Crippen LogP contribution in [-0.2, 0) is 47.4 Å². The first kappa shape index (κ1) is 61.3. The van der Waals surface area contributed by atoms with Gasteiger partial charge in [-0.15, -0.1) is 34.0 Å². The fourth-order valence-electron chi connectivity index (χ4n) is 9.60. The van der Waals surface area contributed by atoms with Gasteiger partial charge in [0.2, 0.25) is 0 Å². The molecule has 0 radical (unpaired) electrons. The van der Waals surface area contributed by atoms with Crippen LogP contribution in [0.3, 0.4) is 0 Å². The standard InChI is InChI=1S/C22H23N5O2S.2C21H21N5O2S/c1-5-16-7-6-8-19(27-22(28)26(4)24-25-27)18(16)12-29-20-10-9-17(11-14(20)2)21-23-15(3)13-30-21;2*1-13-6-5-7-18(26-21(27)25(4)23-24-26)17(13)11-28-19-9-8-16(10-14(19)2)20-22-15(3)12-29-20/h6-11,13H,5,12H2,1-4H3;2*5-10,12H,11H2,1-4H3. The molecule has 0 saturated carbocycles. The second kappa shape index (κ2) is 26.9. The van der Waals surface area contributed by atoms with Crippen molar-refractivity contribution in [1.29, 1.82) is 0 Å². The van der Waals surface area contributed by atoms with Crippen molar-refractivity contribution in [3.05, 3.63) is 224 Å². The Balaban J connectivity index is 0.000000146. The van der Waals surface area contributed by atoms with Crippen molar-refractivity contribution in [2.45, 2.75) is 88.6 Å². The van der Waals surface area contributed by atoms with Crippen LogP contribution in [0.15, 0.2) is 140 Å². The number of aromatic nitrogens is 15. The third-order valence-corrected chi connectivity index (χ3v) is 17.5. The van der Waals surface area contributed by atoms with Crippen molar-refractivity contribution in [2.24, 2.45) is 21.1 Å². The summed E-state index contributed by atoms with van der Waals surface area (Å²) in [7, 11) is 4.74. The van der Waals surface area contributed by atoms with Crippen LogP contribution >= 0.6 is 34.0 Å². The topological polar surface area (TPSA) is 224 Å². The van der Waals surface area contributed by atoms with Crippen LogP contribution in [0.25, 0.3) is 48.8 Å². The average Bonchev–Trinajstić information content (AvgIpc) is 3.40. The molecule has 0 amide bonds. The second-order valence-corrected chi connectivity index (χ2v) is 23.6. The van der Waals surface area contributed by atoms with E-state index >= 15 is 0 Å². The summed E-state index contributed by atoms with van der Waals surface area (Å²) in [5.74, 6) is 2.39. The molecule has 0 aliphatic rings. The van der Waals surface area contributed by atoms with E-state index in [9.17, 15) is 14.4 Å². The van der Waals surface area contributed by atoms with E-state index in [2.05, 4.69) is 71.4 Å². The molecule has 12 rings (SSSR count). The minimum absolute atomic E-state index is 0.288. The Morgan fingerprint density at radius 2 is 0.705 bits per heavy atom. The summed E-state index contributed by atoms with van der Waals surface area (Å²) in [4.78, 5) is 50.6. The fourth-order valence-corrected chi connectivity index (χ4v) is 12.0. The molecular weight excluding hydrogens is 1170 g/mol. The second-order valence-electron chi connectivity index (χ2n) is 21.0. The molecule has 0 saturated heterocycles. The summed E-state index contributed by atoms with van der Waals surface area (Å²) in [6.07, 6.45) is 0.822. The van der Waals surface area contributed by atoms with Crippen LogP contribution in [0.2, 0.25) is 0 Å². The Morgan fingerprint density at radius 1 is 0.386 bits per heavy atom. The molecular formula is C64H65N15O6S3. The van der Waals surface area contributed by atoms with Gasteiger partial charge < -0.3 is 14.2 Å². The summed E-state index contributed by atoms with van der Waals surface area (Å²) in [6, 6.07) is 35.5. The molecule has 6 heterocycles. The first-order valence-corrected chi connectivity index (χ1v) is 30.7. The van der Waals surface area contributed by atoms with Crippen molar-refractivity contribution in [1.82, 2.24) is 74.3 Å². The number of hydrogen-bond acceptors (Lipinski definition) is 18. The van der Waals surface area contributed by atoms with Gasteiger partial charge >= 0.3 is 17.1 Å². The summed E-state index contributed by atoms with van der Waals surface area (Å²) in [5.41, 5.74) is 16.5. The van der Waals surface area contributed by atoms with Crippen molar-refractivity contribution < 1.29 is 14.2 Å². The Labute approximate surface area is 519 Å². The van der Waals surface area contributed by atoms with Gasteiger partial charge in [-0.1, -0.05) is 43.3 Å². The molecule has 0 fully saturated rings. The van der Waals surface area contributed by atoms with E-state index in [0.29, 0.717) is 36.9 Å². The molecule has 450 valence electrons. The maximum absolute atomic E-state index is 12.4. The zero-order valence-corrected chi connectivity index (χ0v) is 53.3. The van der Waals surface area contributed by atoms with E-state index in [1.54, 1.807) is 55.2 Å². The van der Waals surface area contributed by atoms with Gasteiger partial charge in [0.25, 0.3) is 0 Å². The predicted molar refractivity (Wildman–Crippen MR) is 343 cm³/mol. The molecule has 21 nitrogen and oxygen atoms in total. The number of aryl methyl sites for hydroxylation is 12. The Bertz CT molecular complexity index is 4460. The van der Waals surface area contributed by atoms with Gasteiger partial charge in [-0.3, -0.25) is 0 Å². The Hall–Kier alpha value is -9.78. The number of ether oxygens (including phenoxy) is 3. The maximum Gasteiger partial charge on any atom is 0.368 e. The summed E-state index contributed by atoms with van der Waals surface area (Å²) >= 11 is 4.90. The van der Waals surface area contributed by atoms with Crippen molar-refractivity contribution in [2.75, 3.05) is 0 Å². The molecule has 6 aromatic heterocycles. The molecule has 0 unspecified atom stereocenters. The van der Waals surface area contributed by atoms with Crippen LogP contribution in [-0.4, -0.2) is 74.3 Å². The minimum Gasteiger partial charge on any atom is -0.489 e. The van der Waals surface area contributed by atoms with Gasteiger partial charge in [-0.25, -0.2) is 29.3 Å². The van der Waals surface area contributed by atoms with Crippen LogP contribution in [0.5, 0.6) is 17.2 Å². The number of hydrogen-bond donors (Lipinski definition) is 0. The first-order valence-electron chi connectivity index (χ1n) is 28.1. The van der Waals surface area contributed by atoms with Gasteiger partial charge in [0.1, 0.15) is 52.1 Å². The lowest BCUT2D eigenvalue weighted by Crippen LogP contribution is -2.23. The number of nitrogens with zero attached hydrogens (tertiary/aromatic N) is 15. The van der Waals surface area contributed by atoms with Crippen molar-refractivity contribution >= 4 is 34.0 Å². The molecule has 0 spiro atoms. The molecule has 0 atom stereocenters. The normalized spacial score (nSPS) is 11.0. The summed E-state index contributed by atoms with van der Waals surface area (Å²) in [6.45, 7) is 19.1. The van der Waals surface area contributed by atoms with Gasteiger partial charge in [-0.05, 0) is 199 Å². The van der Waals surface area contributed by atoms with E-state index in [1.807, 2.05) is 163 Å². The minimum atomic E-state index is -0.295. The Morgan fingerprint density at radius 3 is 0.989 bits per heavy atom. The van der Waals surface area contributed by atoms with Gasteiger partial charge in [-0.2, -0.15) is 28.1 Å². The predicted octanol–water partition coefficient (Wildman–Crippen LogP) is 11.0. The highest BCUT2D eigenvalue weighted by molar-refractivity contribution is 7.13. The zero-order valence-electron chi connectivity index (χ0n) is 50.8. The van der Waals surface area contributed by atoms with Crippen LogP contribution in [0.4, 0.5) is 0 Å². The van der Waals surface area contributed by atoms with Crippen molar-refractivity contribution in [3.63, 3.8) is 0 Å². The molecule has 0 aliphatic heterocycles. The van der Waals surface area contributed by atoms with Crippen molar-refractivity contribution in [3.8, 4) is 66.0 Å². The van der Waals surface area contributed by atoms with E-state index in [1.165, 1.54) is 28.1 Å². The van der Waals surface area contributed by atoms with Gasteiger partial charge in [0.15, 0.2) is 0 Å².